The van der Waals surface area contributed by atoms with E-state index in [0.717, 1.165) is 5.56 Å². The molecule has 2 aliphatic rings. The number of carbonyl (C=O) groups is 1. The van der Waals surface area contributed by atoms with Gasteiger partial charge >= 0.3 is 0 Å². The molecule has 30 heavy (non-hydrogen) atoms. The second kappa shape index (κ2) is 8.45. The highest BCUT2D eigenvalue weighted by Crippen LogP contribution is 2.38. The van der Waals surface area contributed by atoms with Crippen LogP contribution in [0.1, 0.15) is 16.7 Å². The SMILES string of the molecule is COc1cc(/C=C2\C(=N)N3N=CSC3=NC2=O)cc(Br)c1OCc1ccc(C)cc1. The maximum atomic E-state index is 12.4. The van der Waals surface area contributed by atoms with Gasteiger partial charge < -0.3 is 9.47 Å². The molecule has 152 valence electrons. The first-order chi connectivity index (χ1) is 14.5. The van der Waals surface area contributed by atoms with Crippen LogP contribution in [0.5, 0.6) is 11.5 Å². The number of carbonyl (C=O) groups excluding carboxylic acids is 1. The standard InChI is InChI=1S/C21H17BrN4O3S/c1-12-3-5-13(6-4-12)10-29-18-16(22)8-14(9-17(18)28-2)7-15-19(23)26-21(25-20(15)27)30-11-24-26/h3-9,11,23H,10H2,1-2H3/b15-7+,23-19?. The van der Waals surface area contributed by atoms with Crippen LogP contribution < -0.4 is 9.47 Å². The third-order valence-corrected chi connectivity index (χ3v) is 5.73. The van der Waals surface area contributed by atoms with Gasteiger partial charge in [0.15, 0.2) is 22.5 Å². The number of rotatable bonds is 5. The van der Waals surface area contributed by atoms with Crippen LogP contribution in [0.4, 0.5) is 0 Å². The van der Waals surface area contributed by atoms with Crippen LogP contribution in [0.15, 0.2) is 56.5 Å². The summed E-state index contributed by atoms with van der Waals surface area (Å²) in [6.45, 7) is 2.43. The number of thioether (sulfide) groups is 1. The lowest BCUT2D eigenvalue weighted by Gasteiger charge is -2.20. The van der Waals surface area contributed by atoms with Gasteiger partial charge in [0.1, 0.15) is 6.61 Å². The summed E-state index contributed by atoms with van der Waals surface area (Å²) in [5.41, 5.74) is 4.60. The predicted octanol–water partition coefficient (Wildman–Crippen LogP) is 4.59. The number of hydrazone groups is 1. The Morgan fingerprint density at radius 1 is 1.27 bits per heavy atom. The van der Waals surface area contributed by atoms with Crippen molar-refractivity contribution in [2.75, 3.05) is 7.11 Å². The second-order valence-electron chi connectivity index (χ2n) is 6.57. The number of methoxy groups -OCH3 is 1. The Bertz CT molecular complexity index is 1130. The lowest BCUT2D eigenvalue weighted by Crippen LogP contribution is -2.35. The molecular weight excluding hydrogens is 468 g/mol. The Hall–Kier alpha value is -2.91. The molecule has 1 N–H and O–H groups in total. The molecule has 0 radical (unpaired) electrons. The fourth-order valence-electron chi connectivity index (χ4n) is 2.91. The van der Waals surface area contributed by atoms with Gasteiger partial charge in [-0.25, -0.2) is 0 Å². The largest absolute Gasteiger partial charge is 0.493 e. The van der Waals surface area contributed by atoms with E-state index in [-0.39, 0.29) is 11.4 Å². The van der Waals surface area contributed by atoms with Crippen LogP contribution in [-0.2, 0) is 11.4 Å². The summed E-state index contributed by atoms with van der Waals surface area (Å²) in [6, 6.07) is 11.7. The zero-order chi connectivity index (χ0) is 21.3. The number of halogens is 1. The number of benzene rings is 2. The van der Waals surface area contributed by atoms with Crippen molar-refractivity contribution in [3.8, 4) is 11.5 Å². The molecule has 0 fully saturated rings. The van der Waals surface area contributed by atoms with E-state index in [0.29, 0.717) is 33.3 Å². The van der Waals surface area contributed by atoms with E-state index >= 15 is 0 Å². The highest BCUT2D eigenvalue weighted by atomic mass is 79.9. The number of ether oxygens (including phenoxy) is 2. The molecule has 0 unspecified atom stereocenters. The van der Waals surface area contributed by atoms with E-state index in [2.05, 4.69) is 26.0 Å². The molecule has 0 atom stereocenters. The molecule has 0 aromatic heterocycles. The van der Waals surface area contributed by atoms with Crippen molar-refractivity contribution in [2.45, 2.75) is 13.5 Å². The van der Waals surface area contributed by atoms with Crippen molar-refractivity contribution in [3.63, 3.8) is 0 Å². The topological polar surface area (TPSA) is 87.3 Å². The maximum Gasteiger partial charge on any atom is 0.283 e. The Kier molecular flexibility index (Phi) is 5.74. The lowest BCUT2D eigenvalue weighted by atomic mass is 10.1. The maximum absolute atomic E-state index is 12.4. The molecule has 2 aromatic carbocycles. The number of nitrogens with one attached hydrogen (secondary N) is 1. The van der Waals surface area contributed by atoms with Gasteiger partial charge in [-0.3, -0.25) is 10.2 Å². The average molecular weight is 485 g/mol. The first-order valence-electron chi connectivity index (χ1n) is 8.95. The zero-order valence-corrected chi connectivity index (χ0v) is 18.6. The smallest absolute Gasteiger partial charge is 0.283 e. The predicted molar refractivity (Wildman–Crippen MR) is 122 cm³/mol. The highest BCUT2D eigenvalue weighted by Gasteiger charge is 2.32. The fraction of sp³-hybridized carbons (Fsp3) is 0.143. The summed E-state index contributed by atoms with van der Waals surface area (Å²) in [6.07, 6.45) is 1.60. The Balaban J connectivity index is 1.61. The van der Waals surface area contributed by atoms with Gasteiger partial charge in [0, 0.05) is 0 Å². The summed E-state index contributed by atoms with van der Waals surface area (Å²) in [5.74, 6) is 0.586. The average Bonchev–Trinajstić information content (AvgIpc) is 3.19. The Morgan fingerprint density at radius 2 is 2.03 bits per heavy atom. The van der Waals surface area contributed by atoms with Crippen molar-refractivity contribution in [2.24, 2.45) is 10.1 Å². The molecule has 0 saturated carbocycles. The van der Waals surface area contributed by atoms with Gasteiger partial charge in [0.2, 0.25) is 0 Å². The molecule has 0 spiro atoms. The number of aryl methyl sites for hydroxylation is 1. The van der Waals surface area contributed by atoms with Crippen LogP contribution >= 0.6 is 27.7 Å². The van der Waals surface area contributed by atoms with Crippen LogP contribution in [0, 0.1) is 12.3 Å². The minimum atomic E-state index is -0.473. The molecule has 0 bridgehead atoms. The van der Waals surface area contributed by atoms with E-state index in [1.54, 1.807) is 24.8 Å². The van der Waals surface area contributed by atoms with Crippen LogP contribution in [0.2, 0.25) is 0 Å². The molecule has 7 nitrogen and oxygen atoms in total. The molecule has 0 aliphatic carbocycles. The van der Waals surface area contributed by atoms with Gasteiger partial charge in [0.25, 0.3) is 5.91 Å². The normalized spacial score (nSPS) is 16.7. The number of amides is 1. The van der Waals surface area contributed by atoms with Crippen LogP contribution in [-0.4, -0.2) is 34.6 Å². The number of amidine groups is 2. The first kappa shape index (κ1) is 20.4. The van der Waals surface area contributed by atoms with E-state index < -0.39 is 5.91 Å². The number of hydrogen-bond acceptors (Lipinski definition) is 6. The molecule has 2 aromatic rings. The quantitative estimate of drug-likeness (QED) is 0.626. The van der Waals surface area contributed by atoms with Gasteiger partial charge in [-0.15, -0.1) is 0 Å². The number of hydrogen-bond donors (Lipinski definition) is 1. The molecule has 2 heterocycles. The van der Waals surface area contributed by atoms with Crippen molar-refractivity contribution in [1.82, 2.24) is 5.01 Å². The van der Waals surface area contributed by atoms with Crippen molar-refractivity contribution < 1.29 is 14.3 Å². The van der Waals surface area contributed by atoms with E-state index in [1.807, 2.05) is 37.3 Å². The Morgan fingerprint density at radius 3 is 2.77 bits per heavy atom. The minimum absolute atomic E-state index is 0.0129. The molecule has 1 amide bonds. The summed E-state index contributed by atoms with van der Waals surface area (Å²) >= 11 is 4.73. The third-order valence-electron chi connectivity index (χ3n) is 4.46. The number of nitrogens with zero attached hydrogens (tertiary/aromatic N) is 3. The fourth-order valence-corrected chi connectivity index (χ4v) is 4.09. The Labute approximate surface area is 186 Å². The van der Waals surface area contributed by atoms with Crippen molar-refractivity contribution in [3.05, 3.63) is 63.1 Å². The molecule has 9 heteroatoms. The number of fused-ring (bicyclic) bond motifs is 1. The van der Waals surface area contributed by atoms with Crippen LogP contribution in [0.25, 0.3) is 6.08 Å². The van der Waals surface area contributed by atoms with Gasteiger partial charge in [-0.2, -0.15) is 15.1 Å². The molecule has 2 aliphatic heterocycles. The van der Waals surface area contributed by atoms with Gasteiger partial charge in [0.05, 0.1) is 22.7 Å². The second-order valence-corrected chi connectivity index (χ2v) is 8.23. The van der Waals surface area contributed by atoms with Gasteiger partial charge in [-0.05, 0) is 64.0 Å². The van der Waals surface area contributed by atoms with E-state index in [1.165, 1.54) is 22.3 Å². The van der Waals surface area contributed by atoms with Crippen LogP contribution in [0.3, 0.4) is 0 Å². The highest BCUT2D eigenvalue weighted by molar-refractivity contribution is 9.10. The molecule has 4 rings (SSSR count). The third kappa shape index (κ3) is 4.03. The van der Waals surface area contributed by atoms with Crippen molar-refractivity contribution in [1.29, 1.82) is 5.41 Å². The molecule has 0 saturated heterocycles. The summed E-state index contributed by atoms with van der Waals surface area (Å²) < 4.78 is 12.1. The summed E-state index contributed by atoms with van der Waals surface area (Å²) in [7, 11) is 1.55. The summed E-state index contributed by atoms with van der Waals surface area (Å²) in [5, 5.41) is 14.1. The van der Waals surface area contributed by atoms with E-state index in [9.17, 15) is 4.79 Å². The molecular formula is C21H17BrN4O3S. The number of aliphatic imine (C=N–C) groups is 1. The summed E-state index contributed by atoms with van der Waals surface area (Å²) in [4.78, 5) is 16.4. The van der Waals surface area contributed by atoms with Crippen molar-refractivity contribution >= 4 is 56.2 Å². The first-order valence-corrected chi connectivity index (χ1v) is 10.6. The zero-order valence-electron chi connectivity index (χ0n) is 16.2. The monoisotopic (exact) mass is 484 g/mol. The minimum Gasteiger partial charge on any atom is -0.493 e. The van der Waals surface area contributed by atoms with E-state index in [4.69, 9.17) is 14.9 Å². The lowest BCUT2D eigenvalue weighted by molar-refractivity contribution is -0.114. The van der Waals surface area contributed by atoms with Gasteiger partial charge in [-0.1, -0.05) is 29.8 Å².